The number of benzene rings is 1. The number of carbonyl (C=O) groups excluding carboxylic acids is 1. The summed E-state index contributed by atoms with van der Waals surface area (Å²) in [5.41, 5.74) is 0.316. The zero-order chi connectivity index (χ0) is 16.1. The van der Waals surface area contributed by atoms with E-state index in [-0.39, 0.29) is 23.9 Å². The second-order valence-electron chi connectivity index (χ2n) is 4.85. The van der Waals surface area contributed by atoms with Crippen molar-refractivity contribution in [3.05, 3.63) is 59.5 Å². The number of amides is 1. The second-order valence-corrected chi connectivity index (χ2v) is 5.11. The van der Waals surface area contributed by atoms with E-state index in [1.165, 1.54) is 17.2 Å². The average molecular weight is 328 g/mol. The van der Waals surface area contributed by atoms with Crippen molar-refractivity contribution < 1.29 is 18.0 Å². The fourth-order valence-corrected chi connectivity index (χ4v) is 2.43. The molecule has 1 heterocycles. The number of halogens is 3. The smallest absolute Gasteiger partial charge is 0.264 e. The lowest BCUT2D eigenvalue weighted by molar-refractivity contribution is -0.131. The van der Waals surface area contributed by atoms with Crippen molar-refractivity contribution >= 4 is 17.5 Å². The van der Waals surface area contributed by atoms with Crippen LogP contribution < -0.4 is 0 Å². The highest BCUT2D eigenvalue weighted by Crippen LogP contribution is 2.28. The van der Waals surface area contributed by atoms with Crippen LogP contribution in [0, 0.1) is 0 Å². The fourth-order valence-electron chi connectivity index (χ4n) is 2.28. The summed E-state index contributed by atoms with van der Waals surface area (Å²) < 4.78 is 31.5. The van der Waals surface area contributed by atoms with Gasteiger partial charge in [-0.25, -0.2) is 8.78 Å². The van der Waals surface area contributed by atoms with E-state index in [0.29, 0.717) is 11.3 Å². The van der Waals surface area contributed by atoms with Crippen LogP contribution in [0.2, 0.25) is 0 Å². The molecule has 1 aromatic carbocycles. The number of hydrogen-bond acceptors (Lipinski definition) is 2. The molecule has 3 nitrogen and oxygen atoms in total. The van der Waals surface area contributed by atoms with Gasteiger partial charge in [-0.2, -0.15) is 0 Å². The van der Waals surface area contributed by atoms with Gasteiger partial charge in [0.2, 0.25) is 5.91 Å². The minimum Gasteiger partial charge on any atom is -0.467 e. The van der Waals surface area contributed by atoms with E-state index in [0.717, 1.165) is 0 Å². The second kappa shape index (κ2) is 7.40. The van der Waals surface area contributed by atoms with Crippen LogP contribution in [0.25, 0.3) is 0 Å². The quantitative estimate of drug-likeness (QED) is 0.729. The van der Waals surface area contributed by atoms with Gasteiger partial charge in [0.1, 0.15) is 11.6 Å². The Labute approximate surface area is 132 Å². The number of rotatable bonds is 6. The third-order valence-corrected chi connectivity index (χ3v) is 3.72. The highest BCUT2D eigenvalue weighted by molar-refractivity contribution is 6.27. The summed E-state index contributed by atoms with van der Waals surface area (Å²) in [5.74, 6) is 0.0182. The summed E-state index contributed by atoms with van der Waals surface area (Å²) in [5, 5.41) is 0. The van der Waals surface area contributed by atoms with Crippen LogP contribution in [0.1, 0.15) is 36.3 Å². The Morgan fingerprint density at radius 3 is 2.59 bits per heavy atom. The summed E-state index contributed by atoms with van der Waals surface area (Å²) in [6, 6.07) is 9.22. The predicted molar refractivity (Wildman–Crippen MR) is 79.8 cm³/mol. The summed E-state index contributed by atoms with van der Waals surface area (Å²) in [7, 11) is 0. The van der Waals surface area contributed by atoms with Gasteiger partial charge in [-0.3, -0.25) is 4.79 Å². The topological polar surface area (TPSA) is 33.5 Å². The zero-order valence-corrected chi connectivity index (χ0v) is 12.8. The molecular formula is C16H16ClF2NO2. The highest BCUT2D eigenvalue weighted by atomic mass is 35.5. The molecule has 2 aromatic rings. The first kappa shape index (κ1) is 16.5. The van der Waals surface area contributed by atoms with E-state index in [9.17, 15) is 13.6 Å². The number of hydrogen-bond donors (Lipinski definition) is 0. The largest absolute Gasteiger partial charge is 0.467 e. The van der Waals surface area contributed by atoms with Crippen LogP contribution >= 0.6 is 11.6 Å². The van der Waals surface area contributed by atoms with Crippen LogP contribution in [0.5, 0.6) is 0 Å². The zero-order valence-electron chi connectivity index (χ0n) is 12.0. The molecule has 0 fully saturated rings. The first-order valence-electron chi connectivity index (χ1n) is 6.79. The molecule has 1 amide bonds. The minimum atomic E-state index is -2.59. The predicted octanol–water partition coefficient (Wildman–Crippen LogP) is 4.55. The number of nitrogens with zero attached hydrogens (tertiary/aromatic N) is 1. The molecule has 0 saturated heterocycles. The molecule has 118 valence electrons. The summed E-state index contributed by atoms with van der Waals surface area (Å²) in [4.78, 5) is 13.5. The maximum Gasteiger partial charge on any atom is 0.264 e. The molecule has 0 spiro atoms. The van der Waals surface area contributed by atoms with Gasteiger partial charge in [0.15, 0.2) is 0 Å². The van der Waals surface area contributed by atoms with Crippen LogP contribution in [0.3, 0.4) is 0 Å². The van der Waals surface area contributed by atoms with Gasteiger partial charge in [-0.05, 0) is 24.6 Å². The molecule has 0 aliphatic heterocycles. The standard InChI is InChI=1S/C16H16ClF2NO2/c1-11(14-7-4-8-22-14)20(15(21)9-17)10-12-5-2-3-6-13(12)16(18)19/h2-8,11,16H,9-10H2,1H3. The number of furan rings is 1. The van der Waals surface area contributed by atoms with Crippen LogP contribution in [0.15, 0.2) is 47.1 Å². The Hall–Kier alpha value is -1.88. The Morgan fingerprint density at radius 1 is 1.27 bits per heavy atom. The third-order valence-electron chi connectivity index (χ3n) is 3.49. The van der Waals surface area contributed by atoms with E-state index in [1.54, 1.807) is 37.3 Å². The molecule has 6 heteroatoms. The molecule has 2 rings (SSSR count). The number of carbonyl (C=O) groups is 1. The molecule has 0 aliphatic rings. The lowest BCUT2D eigenvalue weighted by Crippen LogP contribution is -2.34. The van der Waals surface area contributed by atoms with Gasteiger partial charge in [-0.15, -0.1) is 11.6 Å². The SMILES string of the molecule is CC(c1ccco1)N(Cc1ccccc1C(F)F)C(=O)CCl. The Balaban J connectivity index is 2.30. The minimum absolute atomic E-state index is 0.0495. The molecular weight excluding hydrogens is 312 g/mol. The van der Waals surface area contributed by atoms with Crippen molar-refractivity contribution in [3.63, 3.8) is 0 Å². The van der Waals surface area contributed by atoms with Gasteiger partial charge < -0.3 is 9.32 Å². The monoisotopic (exact) mass is 327 g/mol. The lowest BCUT2D eigenvalue weighted by Gasteiger charge is -2.28. The van der Waals surface area contributed by atoms with Crippen molar-refractivity contribution in [2.24, 2.45) is 0 Å². The van der Waals surface area contributed by atoms with Crippen LogP contribution in [-0.2, 0) is 11.3 Å². The van der Waals surface area contributed by atoms with Gasteiger partial charge >= 0.3 is 0 Å². The number of alkyl halides is 3. The molecule has 22 heavy (non-hydrogen) atoms. The maximum absolute atomic E-state index is 13.1. The maximum atomic E-state index is 13.1. The Morgan fingerprint density at radius 2 is 2.00 bits per heavy atom. The first-order chi connectivity index (χ1) is 10.5. The van der Waals surface area contributed by atoms with E-state index in [2.05, 4.69) is 0 Å². The highest BCUT2D eigenvalue weighted by Gasteiger charge is 2.24. The lowest BCUT2D eigenvalue weighted by atomic mass is 10.1. The van der Waals surface area contributed by atoms with Crippen molar-refractivity contribution in [2.45, 2.75) is 25.9 Å². The molecule has 0 radical (unpaired) electrons. The molecule has 1 aromatic heterocycles. The molecule has 0 N–H and O–H groups in total. The van der Waals surface area contributed by atoms with Gasteiger partial charge in [0.25, 0.3) is 6.43 Å². The first-order valence-corrected chi connectivity index (χ1v) is 7.32. The summed E-state index contributed by atoms with van der Waals surface area (Å²) in [6.07, 6.45) is -1.09. The molecule has 0 saturated carbocycles. The molecule has 1 unspecified atom stereocenters. The van der Waals surface area contributed by atoms with E-state index < -0.39 is 12.5 Å². The molecule has 0 bridgehead atoms. The van der Waals surface area contributed by atoms with E-state index in [1.807, 2.05) is 0 Å². The fraction of sp³-hybridized carbons (Fsp3) is 0.312. The van der Waals surface area contributed by atoms with Gasteiger partial charge in [0, 0.05) is 12.1 Å². The summed E-state index contributed by atoms with van der Waals surface area (Å²) >= 11 is 5.65. The summed E-state index contributed by atoms with van der Waals surface area (Å²) in [6.45, 7) is 1.82. The van der Waals surface area contributed by atoms with Crippen molar-refractivity contribution in [2.75, 3.05) is 5.88 Å². The van der Waals surface area contributed by atoms with Crippen molar-refractivity contribution in [3.8, 4) is 0 Å². The van der Waals surface area contributed by atoms with E-state index >= 15 is 0 Å². The van der Waals surface area contributed by atoms with Crippen molar-refractivity contribution in [1.29, 1.82) is 0 Å². The van der Waals surface area contributed by atoms with Crippen molar-refractivity contribution in [1.82, 2.24) is 4.90 Å². The van der Waals surface area contributed by atoms with Gasteiger partial charge in [0.05, 0.1) is 12.3 Å². The normalized spacial score (nSPS) is 12.4. The third kappa shape index (κ3) is 3.65. The Bertz CT molecular complexity index is 616. The van der Waals surface area contributed by atoms with E-state index in [4.69, 9.17) is 16.0 Å². The average Bonchev–Trinajstić information content (AvgIpc) is 3.05. The molecule has 0 aliphatic carbocycles. The van der Waals surface area contributed by atoms with Crippen LogP contribution in [-0.4, -0.2) is 16.7 Å². The van der Waals surface area contributed by atoms with Gasteiger partial charge in [-0.1, -0.05) is 24.3 Å². The molecule has 1 atom stereocenters. The Kier molecular flexibility index (Phi) is 5.55. The van der Waals surface area contributed by atoms with Crippen LogP contribution in [0.4, 0.5) is 8.78 Å².